The van der Waals surface area contributed by atoms with Crippen molar-refractivity contribution in [3.8, 4) is 0 Å². The maximum Gasteiger partial charge on any atom is 1.00 e. The minimum Gasteiger partial charge on any atom is -0.748 e. The Morgan fingerprint density at radius 3 is 1.32 bits per heavy atom. The van der Waals surface area contributed by atoms with E-state index in [1.54, 1.807) is 0 Å². The Morgan fingerprint density at radius 2 is 1.11 bits per heavy atom. The Bertz CT molecular complexity index is 414. The van der Waals surface area contributed by atoms with Crippen molar-refractivity contribution in [3.05, 3.63) is 0 Å². The zero-order valence-electron chi connectivity index (χ0n) is 8.74. The summed E-state index contributed by atoms with van der Waals surface area (Å²) in [5, 5.41) is 0. The SMILES string of the molecule is O=S(=O)([O-])CC(F)(F)C(F)(F)C(F)(F)C(F)(F)F.[Na+]. The Hall–Kier alpha value is 0.280. The van der Waals surface area contributed by atoms with Crippen molar-refractivity contribution in [1.29, 1.82) is 0 Å². The summed E-state index contributed by atoms with van der Waals surface area (Å²) in [5.41, 5.74) is 0. The van der Waals surface area contributed by atoms with E-state index in [9.17, 15) is 52.5 Å². The second-order valence-electron chi connectivity index (χ2n) is 3.05. The van der Waals surface area contributed by atoms with Crippen LogP contribution < -0.4 is 29.6 Å². The molecule has 0 aliphatic rings. The van der Waals surface area contributed by atoms with Crippen LogP contribution in [0.3, 0.4) is 0 Å². The molecule has 0 radical (unpaired) electrons. The topological polar surface area (TPSA) is 57.2 Å². The van der Waals surface area contributed by atoms with Crippen LogP contribution in [-0.2, 0) is 10.1 Å². The van der Waals surface area contributed by atoms with Crippen molar-refractivity contribution >= 4 is 10.1 Å². The molecule has 0 heterocycles. The predicted molar refractivity (Wildman–Crippen MR) is 35.5 cm³/mol. The fourth-order valence-electron chi connectivity index (χ4n) is 0.720. The summed E-state index contributed by atoms with van der Waals surface area (Å²) in [7, 11) is -6.15. The molecule has 110 valence electrons. The summed E-state index contributed by atoms with van der Waals surface area (Å²) in [6, 6.07) is 0. The van der Waals surface area contributed by atoms with Crippen molar-refractivity contribution in [2.24, 2.45) is 0 Å². The normalized spacial score (nSPS) is 15.1. The number of hydrogen-bond acceptors (Lipinski definition) is 3. The van der Waals surface area contributed by atoms with E-state index >= 15 is 0 Å². The van der Waals surface area contributed by atoms with Gasteiger partial charge in [0.15, 0.2) is 0 Å². The van der Waals surface area contributed by atoms with Gasteiger partial charge in [-0.2, -0.15) is 39.5 Å². The van der Waals surface area contributed by atoms with Gasteiger partial charge in [0.25, 0.3) is 0 Å². The van der Waals surface area contributed by atoms with Crippen molar-refractivity contribution in [3.63, 3.8) is 0 Å². The van der Waals surface area contributed by atoms with Crippen molar-refractivity contribution in [2.75, 3.05) is 5.75 Å². The van der Waals surface area contributed by atoms with Crippen LogP contribution in [0.15, 0.2) is 0 Å². The molecule has 0 fully saturated rings. The zero-order valence-corrected chi connectivity index (χ0v) is 11.6. The van der Waals surface area contributed by atoms with Crippen molar-refractivity contribution in [2.45, 2.75) is 23.9 Å². The molecule has 0 aromatic heterocycles. The van der Waals surface area contributed by atoms with Crippen LogP contribution in [0, 0.1) is 0 Å². The summed E-state index contributed by atoms with van der Waals surface area (Å²) in [6.07, 6.45) is -7.05. The minimum absolute atomic E-state index is 0. The van der Waals surface area contributed by atoms with Gasteiger partial charge >= 0.3 is 53.5 Å². The van der Waals surface area contributed by atoms with Crippen LogP contribution >= 0.6 is 0 Å². The molecule has 0 amide bonds. The molecule has 0 saturated heterocycles. The molecule has 0 aliphatic carbocycles. The molecule has 14 heteroatoms. The van der Waals surface area contributed by atoms with Crippen LogP contribution in [0.4, 0.5) is 39.5 Å². The number of hydrogen-bond donors (Lipinski definition) is 0. The molecule has 0 unspecified atom stereocenters. The Kier molecular flexibility index (Phi) is 6.34. The Morgan fingerprint density at radius 1 is 0.789 bits per heavy atom. The van der Waals surface area contributed by atoms with E-state index in [0.29, 0.717) is 0 Å². The number of halogens is 9. The van der Waals surface area contributed by atoms with E-state index in [2.05, 4.69) is 0 Å². The molecule has 0 aliphatic heterocycles. The predicted octanol–water partition coefficient (Wildman–Crippen LogP) is -0.996. The maximum absolute atomic E-state index is 12.4. The number of rotatable bonds is 4. The van der Waals surface area contributed by atoms with Gasteiger partial charge in [-0.1, -0.05) is 0 Å². The van der Waals surface area contributed by atoms with E-state index in [1.165, 1.54) is 0 Å². The largest absolute Gasteiger partial charge is 1.00 e. The van der Waals surface area contributed by atoms with Crippen LogP contribution in [-0.4, -0.2) is 42.7 Å². The van der Waals surface area contributed by atoms with E-state index in [1.807, 2.05) is 0 Å². The zero-order chi connectivity index (χ0) is 15.2. The molecular formula is C5H2F9NaO3S. The number of alkyl halides is 9. The monoisotopic (exact) mass is 336 g/mol. The van der Waals surface area contributed by atoms with Gasteiger partial charge < -0.3 is 4.55 Å². The molecule has 0 aromatic carbocycles. The molecule has 0 N–H and O–H groups in total. The van der Waals surface area contributed by atoms with Crippen molar-refractivity contribution in [1.82, 2.24) is 0 Å². The molecule has 0 saturated carbocycles. The minimum atomic E-state index is -7.20. The molecular weight excluding hydrogens is 334 g/mol. The van der Waals surface area contributed by atoms with Crippen LogP contribution in [0.1, 0.15) is 0 Å². The average molecular weight is 336 g/mol. The van der Waals surface area contributed by atoms with E-state index in [-0.39, 0.29) is 29.6 Å². The summed E-state index contributed by atoms with van der Waals surface area (Å²) < 4.78 is 138. The summed E-state index contributed by atoms with van der Waals surface area (Å²) >= 11 is 0. The molecule has 0 bridgehead atoms. The quantitative estimate of drug-likeness (QED) is 0.376. The summed E-state index contributed by atoms with van der Waals surface area (Å²) in [4.78, 5) is 0. The van der Waals surface area contributed by atoms with Gasteiger partial charge in [-0.25, -0.2) is 8.42 Å². The first-order valence-electron chi connectivity index (χ1n) is 3.59. The third kappa shape index (κ3) is 4.37. The van der Waals surface area contributed by atoms with Gasteiger partial charge in [-0.3, -0.25) is 0 Å². The van der Waals surface area contributed by atoms with E-state index in [0.717, 1.165) is 0 Å². The summed E-state index contributed by atoms with van der Waals surface area (Å²) in [5.74, 6) is -24.1. The Balaban J connectivity index is 0. The van der Waals surface area contributed by atoms with E-state index < -0.39 is 39.8 Å². The first kappa shape index (κ1) is 21.6. The fourth-order valence-corrected chi connectivity index (χ4v) is 1.35. The third-order valence-electron chi connectivity index (χ3n) is 1.57. The van der Waals surface area contributed by atoms with Gasteiger partial charge in [0.2, 0.25) is 0 Å². The van der Waals surface area contributed by atoms with Crippen LogP contribution in [0.5, 0.6) is 0 Å². The second kappa shape index (κ2) is 5.58. The van der Waals surface area contributed by atoms with Gasteiger partial charge in [0.1, 0.15) is 15.9 Å². The van der Waals surface area contributed by atoms with E-state index in [4.69, 9.17) is 0 Å². The second-order valence-corrected chi connectivity index (χ2v) is 4.46. The van der Waals surface area contributed by atoms with Gasteiger partial charge in [-0.05, 0) is 0 Å². The smallest absolute Gasteiger partial charge is 0.748 e. The van der Waals surface area contributed by atoms with Gasteiger partial charge in [0, 0.05) is 0 Å². The maximum atomic E-state index is 12.4. The first-order valence-corrected chi connectivity index (χ1v) is 5.17. The molecule has 3 nitrogen and oxygen atoms in total. The molecule has 19 heavy (non-hydrogen) atoms. The van der Waals surface area contributed by atoms with Gasteiger partial charge in [-0.15, -0.1) is 0 Å². The third-order valence-corrected chi connectivity index (χ3v) is 2.28. The first-order chi connectivity index (χ1) is 7.46. The van der Waals surface area contributed by atoms with Crippen LogP contribution in [0.25, 0.3) is 0 Å². The van der Waals surface area contributed by atoms with Crippen LogP contribution in [0.2, 0.25) is 0 Å². The molecule has 0 aromatic rings. The summed E-state index contributed by atoms with van der Waals surface area (Å²) in [6.45, 7) is 0. The Labute approximate surface area is 122 Å². The molecule has 0 spiro atoms. The molecule has 0 rings (SSSR count). The fraction of sp³-hybridized carbons (Fsp3) is 1.00. The average Bonchev–Trinajstić information content (AvgIpc) is 1.95. The van der Waals surface area contributed by atoms with Gasteiger partial charge in [0.05, 0.1) is 0 Å². The van der Waals surface area contributed by atoms with Crippen molar-refractivity contribution < 1.29 is 82.0 Å². The standard InChI is InChI=1S/C5H3F9O3S.Na/c6-2(7,1-18(15,16)17)3(8,9)4(10,11)5(12,13)14;/h1H2,(H,15,16,17);/q;+1/p-1. The molecule has 0 atom stereocenters.